The molecule has 2 amide bonds. The van der Waals surface area contributed by atoms with Crippen molar-refractivity contribution in [1.82, 2.24) is 10.6 Å². The second kappa shape index (κ2) is 5.61. The largest absolute Gasteiger partial charge is 0.387 e. The minimum atomic E-state index is -0.823. The molecule has 1 rings (SSSR count). The van der Waals surface area contributed by atoms with Gasteiger partial charge in [-0.05, 0) is 31.9 Å². The van der Waals surface area contributed by atoms with Crippen LogP contribution in [0, 0.1) is 5.92 Å². The zero-order chi connectivity index (χ0) is 11.3. The van der Waals surface area contributed by atoms with Crippen molar-refractivity contribution in [2.75, 3.05) is 25.1 Å². The molecule has 1 fully saturated rings. The third-order valence-electron chi connectivity index (χ3n) is 2.33. The Balaban J connectivity index is 2.08. The van der Waals surface area contributed by atoms with Crippen LogP contribution in [-0.4, -0.2) is 41.8 Å². The molecule has 1 aliphatic rings. The molecule has 88 valence electrons. The first-order valence-electron chi connectivity index (χ1n) is 5.26. The monoisotopic (exact) mass is 232 g/mol. The maximum atomic E-state index is 11.3. The number of hydrogen-bond acceptors (Lipinski definition) is 3. The van der Waals surface area contributed by atoms with Crippen molar-refractivity contribution < 1.29 is 9.90 Å². The lowest BCUT2D eigenvalue weighted by Gasteiger charge is -2.22. The topological polar surface area (TPSA) is 61.4 Å². The van der Waals surface area contributed by atoms with Gasteiger partial charge in [0.05, 0.1) is 5.60 Å². The predicted molar refractivity (Wildman–Crippen MR) is 63.1 cm³/mol. The molecule has 0 aromatic rings. The Kier molecular flexibility index (Phi) is 4.73. The molecule has 0 bridgehead atoms. The van der Waals surface area contributed by atoms with Crippen LogP contribution in [0.15, 0.2) is 0 Å². The Morgan fingerprint density at radius 3 is 2.73 bits per heavy atom. The molecule has 0 aromatic carbocycles. The summed E-state index contributed by atoms with van der Waals surface area (Å²) in [5, 5.41) is 15.3. The van der Waals surface area contributed by atoms with Gasteiger partial charge >= 0.3 is 6.03 Å². The van der Waals surface area contributed by atoms with Crippen LogP contribution < -0.4 is 10.6 Å². The van der Waals surface area contributed by atoms with Crippen molar-refractivity contribution in [2.24, 2.45) is 5.92 Å². The smallest absolute Gasteiger partial charge is 0.314 e. The first kappa shape index (κ1) is 12.6. The van der Waals surface area contributed by atoms with E-state index < -0.39 is 5.60 Å². The summed E-state index contributed by atoms with van der Waals surface area (Å²) in [7, 11) is 0. The standard InChI is InChI=1S/C10H20N2O2S/c1-10(14,7-15-2)6-12-9(13)11-5-8-3-4-8/h8,14H,3-7H2,1-2H3,(H2,11,12,13). The molecule has 4 nitrogen and oxygen atoms in total. The molecule has 15 heavy (non-hydrogen) atoms. The molecule has 0 spiro atoms. The van der Waals surface area contributed by atoms with Crippen LogP contribution in [0.1, 0.15) is 19.8 Å². The number of amides is 2. The zero-order valence-corrected chi connectivity index (χ0v) is 10.2. The molecule has 5 heteroatoms. The summed E-state index contributed by atoms with van der Waals surface area (Å²) in [5.41, 5.74) is -0.823. The lowest BCUT2D eigenvalue weighted by atomic mass is 10.1. The Morgan fingerprint density at radius 2 is 2.20 bits per heavy atom. The number of thioether (sulfide) groups is 1. The highest BCUT2D eigenvalue weighted by Crippen LogP contribution is 2.27. The minimum absolute atomic E-state index is 0.178. The SMILES string of the molecule is CSCC(C)(O)CNC(=O)NCC1CC1. The van der Waals surface area contributed by atoms with E-state index >= 15 is 0 Å². The molecular formula is C10H20N2O2S. The molecule has 0 aliphatic heterocycles. The van der Waals surface area contributed by atoms with Gasteiger partial charge < -0.3 is 15.7 Å². The van der Waals surface area contributed by atoms with Crippen LogP contribution in [0.5, 0.6) is 0 Å². The van der Waals surface area contributed by atoms with Crippen LogP contribution in [-0.2, 0) is 0 Å². The highest BCUT2D eigenvalue weighted by Gasteiger charge is 2.23. The molecule has 1 unspecified atom stereocenters. The number of carbonyl (C=O) groups excluding carboxylic acids is 1. The van der Waals surface area contributed by atoms with E-state index in [0.717, 1.165) is 6.54 Å². The van der Waals surface area contributed by atoms with E-state index in [4.69, 9.17) is 0 Å². The minimum Gasteiger partial charge on any atom is -0.387 e. The quantitative estimate of drug-likeness (QED) is 0.635. The number of aliphatic hydroxyl groups is 1. The second-order valence-electron chi connectivity index (χ2n) is 4.44. The predicted octanol–water partition coefficient (Wildman–Crippen LogP) is 0.810. The number of urea groups is 1. The van der Waals surface area contributed by atoms with Gasteiger partial charge in [0.25, 0.3) is 0 Å². The van der Waals surface area contributed by atoms with Gasteiger partial charge in [-0.25, -0.2) is 4.79 Å². The van der Waals surface area contributed by atoms with Gasteiger partial charge in [-0.3, -0.25) is 0 Å². The van der Waals surface area contributed by atoms with Crippen LogP contribution in [0.3, 0.4) is 0 Å². The van der Waals surface area contributed by atoms with E-state index in [1.165, 1.54) is 12.8 Å². The Labute approximate surface area is 95.2 Å². The first-order valence-corrected chi connectivity index (χ1v) is 6.66. The Morgan fingerprint density at radius 1 is 1.53 bits per heavy atom. The summed E-state index contributed by atoms with van der Waals surface area (Å²) < 4.78 is 0. The molecule has 0 aromatic heterocycles. The third kappa shape index (κ3) is 5.89. The first-order chi connectivity index (χ1) is 7.03. The van der Waals surface area contributed by atoms with Gasteiger partial charge in [-0.1, -0.05) is 0 Å². The Bertz CT molecular complexity index is 217. The Hall–Kier alpha value is -0.420. The lowest BCUT2D eigenvalue weighted by Crippen LogP contribution is -2.46. The van der Waals surface area contributed by atoms with Gasteiger partial charge in [0.1, 0.15) is 0 Å². The number of carbonyl (C=O) groups is 1. The number of rotatable bonds is 6. The molecular weight excluding hydrogens is 212 g/mol. The van der Waals surface area contributed by atoms with Gasteiger partial charge in [0, 0.05) is 18.8 Å². The molecule has 0 heterocycles. The molecule has 1 saturated carbocycles. The maximum absolute atomic E-state index is 11.3. The molecule has 0 saturated heterocycles. The van der Waals surface area contributed by atoms with Crippen LogP contribution in [0.2, 0.25) is 0 Å². The fourth-order valence-electron chi connectivity index (χ4n) is 1.25. The van der Waals surface area contributed by atoms with E-state index in [1.807, 2.05) is 6.26 Å². The van der Waals surface area contributed by atoms with E-state index in [9.17, 15) is 9.90 Å². The second-order valence-corrected chi connectivity index (χ2v) is 5.30. The number of nitrogens with one attached hydrogen (secondary N) is 2. The maximum Gasteiger partial charge on any atom is 0.314 e. The zero-order valence-electron chi connectivity index (χ0n) is 9.38. The highest BCUT2D eigenvalue weighted by molar-refractivity contribution is 7.98. The van der Waals surface area contributed by atoms with Crippen molar-refractivity contribution in [3.63, 3.8) is 0 Å². The summed E-state index contributed by atoms with van der Waals surface area (Å²) in [6.07, 6.45) is 4.39. The summed E-state index contributed by atoms with van der Waals surface area (Å²) >= 11 is 1.57. The van der Waals surface area contributed by atoms with Gasteiger partial charge in [-0.15, -0.1) is 0 Å². The van der Waals surface area contributed by atoms with Crippen molar-refractivity contribution in [3.05, 3.63) is 0 Å². The van der Waals surface area contributed by atoms with E-state index in [0.29, 0.717) is 18.2 Å². The molecule has 1 aliphatic carbocycles. The highest BCUT2D eigenvalue weighted by atomic mass is 32.2. The van der Waals surface area contributed by atoms with E-state index in [1.54, 1.807) is 18.7 Å². The van der Waals surface area contributed by atoms with Gasteiger partial charge in [0.2, 0.25) is 0 Å². The van der Waals surface area contributed by atoms with E-state index in [-0.39, 0.29) is 6.03 Å². The summed E-state index contributed by atoms with van der Waals surface area (Å²) in [6, 6.07) is -0.178. The van der Waals surface area contributed by atoms with Crippen molar-refractivity contribution in [1.29, 1.82) is 0 Å². The summed E-state index contributed by atoms with van der Waals surface area (Å²) in [4.78, 5) is 11.3. The summed E-state index contributed by atoms with van der Waals surface area (Å²) in [6.45, 7) is 2.78. The number of hydrogen-bond donors (Lipinski definition) is 3. The van der Waals surface area contributed by atoms with E-state index in [2.05, 4.69) is 10.6 Å². The van der Waals surface area contributed by atoms with Crippen LogP contribution in [0.4, 0.5) is 4.79 Å². The molecule has 1 atom stereocenters. The fourth-order valence-corrected chi connectivity index (χ4v) is 1.98. The third-order valence-corrected chi connectivity index (χ3v) is 3.24. The van der Waals surface area contributed by atoms with Crippen molar-refractivity contribution in [3.8, 4) is 0 Å². The average molecular weight is 232 g/mol. The van der Waals surface area contributed by atoms with Crippen LogP contribution in [0.25, 0.3) is 0 Å². The lowest BCUT2D eigenvalue weighted by molar-refractivity contribution is 0.0869. The molecule has 3 N–H and O–H groups in total. The summed E-state index contributed by atoms with van der Waals surface area (Å²) in [5.74, 6) is 1.30. The van der Waals surface area contributed by atoms with Gasteiger partial charge in [-0.2, -0.15) is 11.8 Å². The normalized spacial score (nSPS) is 19.4. The van der Waals surface area contributed by atoms with Crippen molar-refractivity contribution in [2.45, 2.75) is 25.4 Å². The van der Waals surface area contributed by atoms with Crippen LogP contribution >= 0.6 is 11.8 Å². The van der Waals surface area contributed by atoms with Gasteiger partial charge in [0.15, 0.2) is 0 Å². The fraction of sp³-hybridized carbons (Fsp3) is 0.900. The average Bonchev–Trinajstić information content (AvgIpc) is 2.95. The molecule has 0 radical (unpaired) electrons. The van der Waals surface area contributed by atoms with Crippen molar-refractivity contribution >= 4 is 17.8 Å².